The molecule has 7 heteroatoms. The van der Waals surface area contributed by atoms with Gasteiger partial charge in [0.25, 0.3) is 11.8 Å². The van der Waals surface area contributed by atoms with Crippen molar-refractivity contribution >= 4 is 11.8 Å². The van der Waals surface area contributed by atoms with Crippen molar-refractivity contribution in [2.24, 2.45) is 0 Å². The Morgan fingerprint density at radius 1 is 0.867 bits per heavy atom. The van der Waals surface area contributed by atoms with E-state index in [4.69, 9.17) is 13.6 Å². The highest BCUT2D eigenvalue weighted by Gasteiger charge is 2.16. The second-order valence-corrected chi connectivity index (χ2v) is 6.68. The predicted molar refractivity (Wildman–Crippen MR) is 107 cm³/mol. The SMILES string of the molecule is Cc1cc(-c2nnc(COC(=O)c3ccc(C(=O)c4ccccc4)cc3)o2)c(C)o1. The first-order valence-corrected chi connectivity index (χ1v) is 9.28. The Hall–Kier alpha value is -4.00. The van der Waals surface area contributed by atoms with Crippen LogP contribution in [-0.2, 0) is 11.3 Å². The van der Waals surface area contributed by atoms with Gasteiger partial charge < -0.3 is 13.6 Å². The molecular weight excluding hydrogens is 384 g/mol. The maximum absolute atomic E-state index is 12.4. The van der Waals surface area contributed by atoms with E-state index < -0.39 is 5.97 Å². The van der Waals surface area contributed by atoms with Crippen molar-refractivity contribution < 1.29 is 23.2 Å². The highest BCUT2D eigenvalue weighted by molar-refractivity contribution is 6.09. The number of carbonyl (C=O) groups excluding carboxylic acids is 2. The molecule has 2 aromatic carbocycles. The van der Waals surface area contributed by atoms with Crippen LogP contribution in [0.3, 0.4) is 0 Å². The van der Waals surface area contributed by atoms with E-state index in [1.54, 1.807) is 61.5 Å². The standard InChI is InChI=1S/C23H18N2O5/c1-14-12-19(15(2)29-14)22-25-24-20(30-22)13-28-23(27)18-10-8-17(9-11-18)21(26)16-6-4-3-5-7-16/h3-12H,13H2,1-2H3. The van der Waals surface area contributed by atoms with Gasteiger partial charge in [-0.15, -0.1) is 10.2 Å². The fourth-order valence-corrected chi connectivity index (χ4v) is 2.99. The van der Waals surface area contributed by atoms with Gasteiger partial charge in [0.1, 0.15) is 11.5 Å². The maximum atomic E-state index is 12.4. The van der Waals surface area contributed by atoms with E-state index in [2.05, 4.69) is 10.2 Å². The van der Waals surface area contributed by atoms with Crippen LogP contribution in [0, 0.1) is 13.8 Å². The van der Waals surface area contributed by atoms with Gasteiger partial charge in [-0.2, -0.15) is 0 Å². The first kappa shape index (κ1) is 19.3. The number of aryl methyl sites for hydroxylation is 2. The number of benzene rings is 2. The molecule has 0 aliphatic rings. The van der Waals surface area contributed by atoms with Crippen molar-refractivity contribution in [1.29, 1.82) is 0 Å². The summed E-state index contributed by atoms with van der Waals surface area (Å²) in [6.45, 7) is 3.47. The summed E-state index contributed by atoms with van der Waals surface area (Å²) in [5, 5.41) is 7.86. The molecule has 7 nitrogen and oxygen atoms in total. The van der Waals surface area contributed by atoms with Gasteiger partial charge in [0.05, 0.1) is 11.1 Å². The van der Waals surface area contributed by atoms with Crippen molar-refractivity contribution in [3.63, 3.8) is 0 Å². The van der Waals surface area contributed by atoms with Crippen LogP contribution in [0.2, 0.25) is 0 Å². The third-order valence-corrected chi connectivity index (χ3v) is 4.48. The summed E-state index contributed by atoms with van der Waals surface area (Å²) in [5.74, 6) is 1.22. The second kappa shape index (κ2) is 8.16. The maximum Gasteiger partial charge on any atom is 0.338 e. The zero-order valence-electron chi connectivity index (χ0n) is 16.4. The van der Waals surface area contributed by atoms with Crippen LogP contribution < -0.4 is 0 Å². The zero-order valence-corrected chi connectivity index (χ0v) is 16.4. The summed E-state index contributed by atoms with van der Waals surface area (Å²) in [6, 6.07) is 17.0. The molecule has 30 heavy (non-hydrogen) atoms. The molecule has 0 bridgehead atoms. The van der Waals surface area contributed by atoms with Crippen molar-refractivity contribution in [2.45, 2.75) is 20.5 Å². The number of carbonyl (C=O) groups is 2. The monoisotopic (exact) mass is 402 g/mol. The number of esters is 1. The van der Waals surface area contributed by atoms with E-state index in [-0.39, 0.29) is 18.3 Å². The van der Waals surface area contributed by atoms with E-state index >= 15 is 0 Å². The quantitative estimate of drug-likeness (QED) is 0.345. The number of nitrogens with zero attached hydrogens (tertiary/aromatic N) is 2. The lowest BCUT2D eigenvalue weighted by Gasteiger charge is -2.04. The van der Waals surface area contributed by atoms with Crippen LogP contribution >= 0.6 is 0 Å². The number of aromatic nitrogens is 2. The third kappa shape index (κ3) is 4.05. The second-order valence-electron chi connectivity index (χ2n) is 6.68. The van der Waals surface area contributed by atoms with Gasteiger partial charge in [-0.25, -0.2) is 4.79 Å². The van der Waals surface area contributed by atoms with Crippen LogP contribution in [0.5, 0.6) is 0 Å². The summed E-state index contributed by atoms with van der Waals surface area (Å²) >= 11 is 0. The average Bonchev–Trinajstić information content (AvgIpc) is 3.37. The van der Waals surface area contributed by atoms with Gasteiger partial charge >= 0.3 is 5.97 Å². The molecule has 150 valence electrons. The molecule has 0 saturated carbocycles. The van der Waals surface area contributed by atoms with Crippen molar-refractivity contribution in [1.82, 2.24) is 10.2 Å². The van der Waals surface area contributed by atoms with Gasteiger partial charge in [-0.05, 0) is 32.0 Å². The molecule has 0 N–H and O–H groups in total. The lowest BCUT2D eigenvalue weighted by atomic mass is 10.0. The zero-order chi connectivity index (χ0) is 21.1. The normalized spacial score (nSPS) is 10.7. The van der Waals surface area contributed by atoms with Crippen LogP contribution in [0.1, 0.15) is 43.7 Å². The fourth-order valence-electron chi connectivity index (χ4n) is 2.99. The molecule has 0 aliphatic carbocycles. The van der Waals surface area contributed by atoms with Gasteiger partial charge in [0.2, 0.25) is 0 Å². The Kier molecular flexibility index (Phi) is 5.26. The molecule has 0 amide bonds. The molecule has 0 fully saturated rings. The minimum Gasteiger partial charge on any atom is -0.466 e. The number of ketones is 1. The average molecular weight is 402 g/mol. The third-order valence-electron chi connectivity index (χ3n) is 4.48. The molecule has 2 heterocycles. The molecule has 4 aromatic rings. The summed E-state index contributed by atoms with van der Waals surface area (Å²) in [5.41, 5.74) is 2.10. The first-order chi connectivity index (χ1) is 14.5. The Morgan fingerprint density at radius 2 is 1.53 bits per heavy atom. The minimum atomic E-state index is -0.552. The summed E-state index contributed by atoms with van der Waals surface area (Å²) in [4.78, 5) is 24.7. The Bertz CT molecular complexity index is 1190. The summed E-state index contributed by atoms with van der Waals surface area (Å²) < 4.78 is 16.2. The van der Waals surface area contributed by atoms with E-state index in [0.717, 1.165) is 5.76 Å². The topological polar surface area (TPSA) is 95.4 Å². The van der Waals surface area contributed by atoms with Crippen molar-refractivity contribution in [3.05, 3.63) is 94.8 Å². The highest BCUT2D eigenvalue weighted by Crippen LogP contribution is 2.25. The lowest BCUT2D eigenvalue weighted by molar-refractivity contribution is 0.0438. The van der Waals surface area contributed by atoms with Crippen LogP contribution in [0.15, 0.2) is 69.5 Å². The number of rotatable bonds is 6. The Morgan fingerprint density at radius 3 is 2.20 bits per heavy atom. The molecule has 0 aliphatic heterocycles. The lowest BCUT2D eigenvalue weighted by Crippen LogP contribution is -2.07. The molecule has 0 saturated heterocycles. The Labute approximate surface area is 172 Å². The molecule has 0 unspecified atom stereocenters. The molecule has 0 radical (unpaired) electrons. The molecule has 0 atom stereocenters. The molecular formula is C23H18N2O5. The van der Waals surface area contributed by atoms with Gasteiger partial charge in [-0.1, -0.05) is 42.5 Å². The van der Waals surface area contributed by atoms with Crippen LogP contribution in [0.25, 0.3) is 11.5 Å². The summed E-state index contributed by atoms with van der Waals surface area (Å²) in [7, 11) is 0. The largest absolute Gasteiger partial charge is 0.466 e. The van der Waals surface area contributed by atoms with Gasteiger partial charge in [0.15, 0.2) is 12.4 Å². The fraction of sp³-hybridized carbons (Fsp3) is 0.130. The first-order valence-electron chi connectivity index (χ1n) is 9.28. The van der Waals surface area contributed by atoms with E-state index in [1.165, 1.54) is 0 Å². The number of hydrogen-bond acceptors (Lipinski definition) is 7. The van der Waals surface area contributed by atoms with E-state index in [1.807, 2.05) is 13.0 Å². The molecule has 0 spiro atoms. The van der Waals surface area contributed by atoms with Crippen LogP contribution in [0.4, 0.5) is 0 Å². The van der Waals surface area contributed by atoms with Crippen molar-refractivity contribution in [2.75, 3.05) is 0 Å². The van der Waals surface area contributed by atoms with E-state index in [9.17, 15) is 9.59 Å². The van der Waals surface area contributed by atoms with Crippen LogP contribution in [-0.4, -0.2) is 21.9 Å². The highest BCUT2D eigenvalue weighted by atomic mass is 16.5. The molecule has 2 aromatic heterocycles. The van der Waals surface area contributed by atoms with Gasteiger partial charge in [0, 0.05) is 11.1 Å². The van der Waals surface area contributed by atoms with Crippen molar-refractivity contribution in [3.8, 4) is 11.5 Å². The van der Waals surface area contributed by atoms with E-state index in [0.29, 0.717) is 33.9 Å². The Balaban J connectivity index is 1.39. The van der Waals surface area contributed by atoms with Gasteiger partial charge in [-0.3, -0.25) is 4.79 Å². The molecule has 4 rings (SSSR count). The summed E-state index contributed by atoms with van der Waals surface area (Å²) in [6.07, 6.45) is 0. The number of hydrogen-bond donors (Lipinski definition) is 0. The number of ether oxygens (including phenoxy) is 1. The number of furan rings is 1. The smallest absolute Gasteiger partial charge is 0.338 e. The minimum absolute atomic E-state index is 0.112. The predicted octanol–water partition coefficient (Wildman–Crippen LogP) is 4.53.